The van der Waals surface area contributed by atoms with E-state index in [9.17, 15) is 9.59 Å². The largest absolute Gasteiger partial charge is 0.274 e. The first-order chi connectivity index (χ1) is 16.1. The van der Waals surface area contributed by atoms with Gasteiger partial charge in [-0.2, -0.15) is 0 Å². The molecule has 4 nitrogen and oxygen atoms in total. The first-order valence-corrected chi connectivity index (χ1v) is 14.0. The molecule has 0 spiro atoms. The molecule has 0 N–H and O–H groups in total. The van der Waals surface area contributed by atoms with Crippen LogP contribution in [-0.2, 0) is 20.8 Å². The van der Waals surface area contributed by atoms with Crippen LogP contribution in [0, 0.1) is 25.7 Å². The zero-order chi connectivity index (χ0) is 24.2. The second kappa shape index (κ2) is 8.80. The third-order valence-corrected chi connectivity index (χ3v) is 9.54. The van der Waals surface area contributed by atoms with E-state index in [4.69, 9.17) is 4.98 Å². The molecule has 2 amide bonds. The van der Waals surface area contributed by atoms with E-state index in [2.05, 4.69) is 46.8 Å². The van der Waals surface area contributed by atoms with E-state index in [-0.39, 0.29) is 29.1 Å². The Morgan fingerprint density at radius 3 is 2.21 bits per heavy atom. The van der Waals surface area contributed by atoms with Gasteiger partial charge in [-0.3, -0.25) is 14.5 Å². The molecule has 3 aromatic rings. The highest BCUT2D eigenvalue weighted by Gasteiger charge is 2.48. The van der Waals surface area contributed by atoms with Gasteiger partial charge in [0.1, 0.15) is 0 Å². The van der Waals surface area contributed by atoms with Crippen LogP contribution in [-0.4, -0.2) is 16.8 Å². The number of hydrogen-bond acceptors (Lipinski definition) is 5. The van der Waals surface area contributed by atoms with Gasteiger partial charge in [0.25, 0.3) is 0 Å². The number of imide groups is 1. The number of benzene rings is 2. The SMILES string of the molecule is Cc1cc(C(C)(C)C)cc(C)c1CSc1nc2ccc(N3C(=O)[C@H]4CCCC[C@H]4C3=O)cc2s1. The highest BCUT2D eigenvalue weighted by molar-refractivity contribution is 8.00. The molecule has 1 aliphatic carbocycles. The van der Waals surface area contributed by atoms with Crippen LogP contribution in [0.15, 0.2) is 34.7 Å². The summed E-state index contributed by atoms with van der Waals surface area (Å²) in [6, 6.07) is 10.4. The lowest BCUT2D eigenvalue weighted by Crippen LogP contribution is -2.30. The van der Waals surface area contributed by atoms with E-state index in [1.54, 1.807) is 23.1 Å². The van der Waals surface area contributed by atoms with Crippen molar-refractivity contribution in [2.24, 2.45) is 11.8 Å². The zero-order valence-electron chi connectivity index (χ0n) is 20.6. The molecule has 1 aromatic heterocycles. The zero-order valence-corrected chi connectivity index (χ0v) is 22.2. The Morgan fingerprint density at radius 1 is 1.00 bits per heavy atom. The number of thioether (sulfide) groups is 1. The first-order valence-electron chi connectivity index (χ1n) is 12.2. The smallest absolute Gasteiger partial charge is 0.237 e. The van der Waals surface area contributed by atoms with Crippen LogP contribution in [0.5, 0.6) is 0 Å². The van der Waals surface area contributed by atoms with E-state index in [0.29, 0.717) is 5.69 Å². The fraction of sp³-hybridized carbons (Fsp3) is 0.464. The van der Waals surface area contributed by atoms with Crippen LogP contribution >= 0.6 is 23.1 Å². The predicted molar refractivity (Wildman–Crippen MR) is 142 cm³/mol. The molecule has 1 saturated carbocycles. The molecule has 1 aliphatic heterocycles. The average molecular weight is 493 g/mol. The number of amides is 2. The fourth-order valence-electron chi connectivity index (χ4n) is 5.30. The number of aromatic nitrogens is 1. The molecule has 2 atom stereocenters. The van der Waals surface area contributed by atoms with Gasteiger partial charge in [-0.05, 0) is 72.6 Å². The molecular formula is C28H32N2O2S2. The molecule has 6 heteroatoms. The molecule has 2 fully saturated rings. The van der Waals surface area contributed by atoms with Crippen molar-refractivity contribution in [3.8, 4) is 0 Å². The summed E-state index contributed by atoms with van der Waals surface area (Å²) in [4.78, 5) is 32.2. The fourth-order valence-corrected chi connectivity index (χ4v) is 7.60. The van der Waals surface area contributed by atoms with Gasteiger partial charge < -0.3 is 0 Å². The number of aryl methyl sites for hydroxylation is 2. The Morgan fingerprint density at radius 2 is 1.62 bits per heavy atom. The summed E-state index contributed by atoms with van der Waals surface area (Å²) in [5, 5.41) is 0. The maximum Gasteiger partial charge on any atom is 0.237 e. The van der Waals surface area contributed by atoms with Crippen LogP contribution in [0.1, 0.15) is 68.7 Å². The van der Waals surface area contributed by atoms with Crippen LogP contribution in [0.2, 0.25) is 0 Å². The monoisotopic (exact) mass is 492 g/mol. The summed E-state index contributed by atoms with van der Waals surface area (Å²) >= 11 is 3.40. The summed E-state index contributed by atoms with van der Waals surface area (Å²) in [5.74, 6) is 0.596. The van der Waals surface area contributed by atoms with Crippen LogP contribution in [0.25, 0.3) is 10.2 Å². The second-order valence-electron chi connectivity index (χ2n) is 10.8. The van der Waals surface area contributed by atoms with Gasteiger partial charge in [0.05, 0.1) is 27.7 Å². The molecule has 0 radical (unpaired) electrons. The number of anilines is 1. The predicted octanol–water partition coefficient (Wildman–Crippen LogP) is 7.18. The topological polar surface area (TPSA) is 50.3 Å². The summed E-state index contributed by atoms with van der Waals surface area (Å²) in [6.45, 7) is 11.2. The normalized spacial score (nSPS) is 20.9. The van der Waals surface area contributed by atoms with Gasteiger partial charge in [0.15, 0.2) is 4.34 Å². The number of hydrogen-bond donors (Lipinski definition) is 0. The first kappa shape index (κ1) is 23.6. The van der Waals surface area contributed by atoms with Crippen molar-refractivity contribution in [3.63, 3.8) is 0 Å². The molecule has 2 heterocycles. The van der Waals surface area contributed by atoms with Gasteiger partial charge in [0, 0.05) is 5.75 Å². The molecule has 2 aliphatic rings. The van der Waals surface area contributed by atoms with Gasteiger partial charge in [0.2, 0.25) is 11.8 Å². The molecule has 0 bridgehead atoms. The quantitative estimate of drug-likeness (QED) is 0.286. The van der Waals surface area contributed by atoms with Crippen molar-refractivity contribution in [2.75, 3.05) is 4.90 Å². The molecule has 2 aromatic carbocycles. The Labute approximate surface area is 210 Å². The summed E-state index contributed by atoms with van der Waals surface area (Å²) in [6.07, 6.45) is 3.76. The Hall–Kier alpha value is -2.18. The van der Waals surface area contributed by atoms with Crippen molar-refractivity contribution in [1.29, 1.82) is 0 Å². The average Bonchev–Trinajstić information content (AvgIpc) is 3.30. The second-order valence-corrected chi connectivity index (χ2v) is 13.0. The van der Waals surface area contributed by atoms with Gasteiger partial charge in [-0.15, -0.1) is 11.3 Å². The molecule has 0 unspecified atom stereocenters. The Kier molecular flexibility index (Phi) is 6.09. The minimum absolute atomic E-state index is 0.0159. The van der Waals surface area contributed by atoms with E-state index < -0.39 is 0 Å². The number of fused-ring (bicyclic) bond motifs is 2. The standard InChI is InChI=1S/C28H32N2O2S2/c1-16-12-18(28(3,4)5)13-17(2)22(16)15-33-27-29-23-11-10-19(14-24(23)34-27)30-25(31)20-8-6-7-9-21(20)26(30)32/h10-14,20-21H,6-9,15H2,1-5H3/t20-,21+. The number of rotatable bonds is 4. The third kappa shape index (κ3) is 4.20. The molecular weight excluding hydrogens is 460 g/mol. The number of carbonyl (C=O) groups excluding carboxylic acids is 2. The van der Waals surface area contributed by atoms with Crippen molar-refractivity contribution in [2.45, 2.75) is 75.8 Å². The maximum atomic E-state index is 13.0. The van der Waals surface area contributed by atoms with Crippen molar-refractivity contribution in [1.82, 2.24) is 4.98 Å². The minimum Gasteiger partial charge on any atom is -0.274 e. The van der Waals surface area contributed by atoms with E-state index >= 15 is 0 Å². The Balaban J connectivity index is 1.36. The number of carbonyl (C=O) groups is 2. The van der Waals surface area contributed by atoms with Crippen LogP contribution in [0.3, 0.4) is 0 Å². The molecule has 5 rings (SSSR count). The highest BCUT2D eigenvalue weighted by Crippen LogP contribution is 2.41. The summed E-state index contributed by atoms with van der Waals surface area (Å²) in [5.41, 5.74) is 7.15. The van der Waals surface area contributed by atoms with Gasteiger partial charge >= 0.3 is 0 Å². The van der Waals surface area contributed by atoms with Crippen molar-refractivity contribution in [3.05, 3.63) is 52.6 Å². The maximum absolute atomic E-state index is 13.0. The molecule has 34 heavy (non-hydrogen) atoms. The van der Waals surface area contributed by atoms with E-state index in [1.807, 2.05) is 18.2 Å². The number of nitrogens with zero attached hydrogens (tertiary/aromatic N) is 2. The molecule has 1 saturated heterocycles. The van der Waals surface area contributed by atoms with Gasteiger partial charge in [-0.1, -0.05) is 57.5 Å². The van der Waals surface area contributed by atoms with E-state index in [1.165, 1.54) is 27.2 Å². The lowest BCUT2D eigenvalue weighted by molar-refractivity contribution is -0.122. The minimum atomic E-state index is -0.124. The van der Waals surface area contributed by atoms with Crippen LogP contribution in [0.4, 0.5) is 5.69 Å². The lowest BCUT2D eigenvalue weighted by Gasteiger charge is -2.22. The highest BCUT2D eigenvalue weighted by atomic mass is 32.2. The van der Waals surface area contributed by atoms with Crippen molar-refractivity contribution < 1.29 is 9.59 Å². The molecule has 178 valence electrons. The number of thiazole rings is 1. The third-order valence-electron chi connectivity index (χ3n) is 7.35. The van der Waals surface area contributed by atoms with Crippen LogP contribution < -0.4 is 4.90 Å². The van der Waals surface area contributed by atoms with Crippen molar-refractivity contribution >= 4 is 50.8 Å². The lowest BCUT2D eigenvalue weighted by atomic mass is 9.81. The Bertz CT molecular complexity index is 1240. The summed E-state index contributed by atoms with van der Waals surface area (Å²) < 4.78 is 2.03. The van der Waals surface area contributed by atoms with E-state index in [0.717, 1.165) is 46.0 Å². The summed E-state index contributed by atoms with van der Waals surface area (Å²) in [7, 11) is 0. The van der Waals surface area contributed by atoms with Gasteiger partial charge in [-0.25, -0.2) is 4.98 Å².